The van der Waals surface area contributed by atoms with Gasteiger partial charge in [0.2, 0.25) is 0 Å². The normalized spacial score (nSPS) is 14.6. The van der Waals surface area contributed by atoms with Crippen molar-refractivity contribution in [3.63, 3.8) is 0 Å². The van der Waals surface area contributed by atoms with Crippen LogP contribution in [0.3, 0.4) is 0 Å². The highest BCUT2D eigenvalue weighted by molar-refractivity contribution is 5.89. The first-order chi connectivity index (χ1) is 17.9. The summed E-state index contributed by atoms with van der Waals surface area (Å²) in [6.45, 7) is 3.03. The number of nitrogens with one attached hydrogen (secondary N) is 1. The fourth-order valence-corrected chi connectivity index (χ4v) is 4.12. The summed E-state index contributed by atoms with van der Waals surface area (Å²) < 4.78 is 39.0. The van der Waals surface area contributed by atoms with Gasteiger partial charge in [-0.1, -0.05) is 24.3 Å². The Balaban J connectivity index is 1.38. The lowest BCUT2D eigenvalue weighted by Gasteiger charge is -2.36. The van der Waals surface area contributed by atoms with Crippen molar-refractivity contribution in [2.75, 3.05) is 45.2 Å². The first-order valence-corrected chi connectivity index (χ1v) is 11.9. The van der Waals surface area contributed by atoms with E-state index in [2.05, 4.69) is 16.3 Å². The van der Waals surface area contributed by atoms with Crippen molar-refractivity contribution < 1.29 is 23.0 Å². The van der Waals surface area contributed by atoms with E-state index >= 15 is 0 Å². The Bertz CT molecular complexity index is 1260. The number of benzene rings is 3. The molecule has 0 aliphatic carbocycles. The van der Waals surface area contributed by atoms with Gasteiger partial charge in [-0.05, 0) is 47.5 Å². The largest absolute Gasteiger partial charge is 0.497 e. The van der Waals surface area contributed by atoms with E-state index in [4.69, 9.17) is 14.7 Å². The van der Waals surface area contributed by atoms with Crippen molar-refractivity contribution in [2.24, 2.45) is 0 Å². The number of urea groups is 1. The number of nitrogens with zero attached hydrogens (tertiary/aromatic N) is 3. The molecule has 1 aliphatic rings. The first kappa shape index (κ1) is 26.1. The van der Waals surface area contributed by atoms with E-state index < -0.39 is 17.7 Å². The van der Waals surface area contributed by atoms with E-state index in [-0.39, 0.29) is 11.8 Å². The van der Waals surface area contributed by atoms with Crippen LogP contribution in [0.4, 0.5) is 19.3 Å². The third-order valence-electron chi connectivity index (χ3n) is 6.25. The zero-order valence-electron chi connectivity index (χ0n) is 20.5. The number of ether oxygens (including phenoxy) is 2. The Labute approximate surface area is 214 Å². The number of nitriles is 1. The minimum atomic E-state index is -0.686. The third kappa shape index (κ3) is 7.03. The van der Waals surface area contributed by atoms with Crippen LogP contribution in [0.15, 0.2) is 66.7 Å². The van der Waals surface area contributed by atoms with Crippen LogP contribution >= 0.6 is 0 Å². The van der Waals surface area contributed by atoms with Crippen molar-refractivity contribution in [1.82, 2.24) is 9.80 Å². The second-order valence-electron chi connectivity index (χ2n) is 8.73. The Kier molecular flexibility index (Phi) is 8.67. The summed E-state index contributed by atoms with van der Waals surface area (Å²) in [7, 11) is 1.62. The van der Waals surface area contributed by atoms with Crippen molar-refractivity contribution in [1.29, 1.82) is 5.26 Å². The van der Waals surface area contributed by atoms with Gasteiger partial charge >= 0.3 is 6.03 Å². The molecule has 1 N–H and O–H groups in total. The molecule has 0 saturated carbocycles. The molecule has 1 fully saturated rings. The maximum atomic E-state index is 13.9. The Morgan fingerprint density at radius 3 is 2.51 bits per heavy atom. The highest BCUT2D eigenvalue weighted by atomic mass is 19.1. The Hall–Kier alpha value is -4.00. The van der Waals surface area contributed by atoms with Crippen LogP contribution in [0.2, 0.25) is 0 Å². The summed E-state index contributed by atoms with van der Waals surface area (Å²) in [4.78, 5) is 16.4. The molecule has 37 heavy (non-hydrogen) atoms. The summed E-state index contributed by atoms with van der Waals surface area (Å²) in [5.41, 5.74) is 2.34. The number of carbonyl (C=O) groups excluding carboxylic acids is 1. The third-order valence-corrected chi connectivity index (χ3v) is 6.25. The SMILES string of the molecule is COc1cccc([C@@H](CN2CCN(C(=O)Nc3cc(F)ccc3F)CC2)OCc2ccc(C#N)cc2)c1. The van der Waals surface area contributed by atoms with E-state index in [0.29, 0.717) is 44.9 Å². The summed E-state index contributed by atoms with van der Waals surface area (Å²) >= 11 is 0. The second-order valence-corrected chi connectivity index (χ2v) is 8.73. The van der Waals surface area contributed by atoms with Crippen LogP contribution in [0.25, 0.3) is 0 Å². The summed E-state index contributed by atoms with van der Waals surface area (Å²) in [6, 6.07) is 19.6. The minimum absolute atomic E-state index is 0.179. The van der Waals surface area contributed by atoms with Crippen LogP contribution in [0.5, 0.6) is 5.75 Å². The fourth-order valence-electron chi connectivity index (χ4n) is 4.12. The molecule has 0 unspecified atom stereocenters. The van der Waals surface area contributed by atoms with Gasteiger partial charge in [-0.2, -0.15) is 5.26 Å². The molecule has 3 aromatic carbocycles. The number of hydrogen-bond donors (Lipinski definition) is 1. The summed E-state index contributed by atoms with van der Waals surface area (Å²) in [6.07, 6.45) is -0.257. The lowest BCUT2D eigenvalue weighted by molar-refractivity contribution is 0.00584. The molecule has 1 aliphatic heterocycles. The van der Waals surface area contributed by atoms with Crippen molar-refractivity contribution in [3.8, 4) is 11.8 Å². The molecule has 1 heterocycles. The van der Waals surface area contributed by atoms with Crippen molar-refractivity contribution in [2.45, 2.75) is 12.7 Å². The molecule has 4 rings (SSSR count). The fraction of sp³-hybridized carbons (Fsp3) is 0.286. The van der Waals surface area contributed by atoms with E-state index in [1.807, 2.05) is 36.4 Å². The lowest BCUT2D eigenvalue weighted by atomic mass is 10.1. The maximum Gasteiger partial charge on any atom is 0.322 e. The number of piperazine rings is 1. The molecule has 0 radical (unpaired) electrons. The van der Waals surface area contributed by atoms with Crippen LogP contribution in [0.1, 0.15) is 22.8 Å². The molecule has 0 spiro atoms. The highest BCUT2D eigenvalue weighted by Crippen LogP contribution is 2.25. The number of amides is 2. The first-order valence-electron chi connectivity index (χ1n) is 11.9. The van der Waals surface area contributed by atoms with Gasteiger partial charge in [-0.15, -0.1) is 0 Å². The second kappa shape index (κ2) is 12.3. The molecule has 1 saturated heterocycles. The maximum absolute atomic E-state index is 13.9. The molecule has 0 aromatic heterocycles. The quantitative estimate of drug-likeness (QED) is 0.468. The molecule has 0 bridgehead atoms. The van der Waals surface area contributed by atoms with Gasteiger partial charge in [0, 0.05) is 38.8 Å². The molecule has 9 heteroatoms. The van der Waals surface area contributed by atoms with E-state index in [9.17, 15) is 13.6 Å². The number of rotatable bonds is 8. The number of hydrogen-bond acceptors (Lipinski definition) is 5. The molecule has 1 atom stereocenters. The van der Waals surface area contributed by atoms with Crippen LogP contribution < -0.4 is 10.1 Å². The number of methoxy groups -OCH3 is 1. The standard InChI is InChI=1S/C28H28F2N4O3/c1-36-24-4-2-3-22(15-24)27(37-19-21-7-5-20(17-31)6-8-21)18-33-11-13-34(14-12-33)28(35)32-26-16-23(29)9-10-25(26)30/h2-10,15-16,27H,11-14,18-19H2,1H3,(H,32,35)/t27-/m1/s1. The van der Waals surface area contributed by atoms with E-state index in [0.717, 1.165) is 35.1 Å². The van der Waals surface area contributed by atoms with Gasteiger partial charge in [-0.25, -0.2) is 13.6 Å². The molecule has 7 nitrogen and oxygen atoms in total. The average Bonchev–Trinajstić information content (AvgIpc) is 2.93. The molecule has 192 valence electrons. The highest BCUT2D eigenvalue weighted by Gasteiger charge is 2.25. The van der Waals surface area contributed by atoms with Gasteiger partial charge in [0.05, 0.1) is 37.1 Å². The predicted molar refractivity (Wildman–Crippen MR) is 135 cm³/mol. The van der Waals surface area contributed by atoms with Crippen LogP contribution in [-0.2, 0) is 11.3 Å². The molecular weight excluding hydrogens is 478 g/mol. The lowest BCUT2D eigenvalue weighted by Crippen LogP contribution is -2.50. The van der Waals surface area contributed by atoms with Crippen LogP contribution in [0, 0.1) is 23.0 Å². The summed E-state index contributed by atoms with van der Waals surface area (Å²) in [5.74, 6) is -0.574. The van der Waals surface area contributed by atoms with Gasteiger partial charge in [-0.3, -0.25) is 4.90 Å². The number of halogens is 2. The molecule has 3 aromatic rings. The topological polar surface area (TPSA) is 77.8 Å². The van der Waals surface area contributed by atoms with Gasteiger partial charge in [0.1, 0.15) is 17.4 Å². The smallest absolute Gasteiger partial charge is 0.322 e. The number of anilines is 1. The Morgan fingerprint density at radius 1 is 1.05 bits per heavy atom. The van der Waals surface area contributed by atoms with Gasteiger partial charge < -0.3 is 19.7 Å². The zero-order chi connectivity index (χ0) is 26.2. The van der Waals surface area contributed by atoms with E-state index in [1.165, 1.54) is 0 Å². The number of carbonyl (C=O) groups is 1. The van der Waals surface area contributed by atoms with Gasteiger partial charge in [0.25, 0.3) is 0 Å². The molecular formula is C28H28F2N4O3. The summed E-state index contributed by atoms with van der Waals surface area (Å²) in [5, 5.41) is 11.5. The minimum Gasteiger partial charge on any atom is -0.497 e. The van der Waals surface area contributed by atoms with Gasteiger partial charge in [0.15, 0.2) is 0 Å². The predicted octanol–water partition coefficient (Wildman–Crippen LogP) is 4.95. The van der Waals surface area contributed by atoms with Crippen molar-refractivity contribution in [3.05, 3.63) is 95.1 Å². The Morgan fingerprint density at radius 2 is 1.81 bits per heavy atom. The monoisotopic (exact) mass is 506 g/mol. The zero-order valence-corrected chi connectivity index (χ0v) is 20.5. The van der Waals surface area contributed by atoms with E-state index in [1.54, 1.807) is 24.1 Å². The van der Waals surface area contributed by atoms with Crippen LogP contribution in [-0.4, -0.2) is 55.7 Å². The average molecular weight is 507 g/mol. The van der Waals surface area contributed by atoms with Crippen molar-refractivity contribution >= 4 is 11.7 Å². The molecule has 2 amide bonds.